The number of nitrogens with zero attached hydrogens (tertiary/aromatic N) is 2. The number of nitrogens with one attached hydrogen (secondary N) is 1. The second-order valence-corrected chi connectivity index (χ2v) is 5.85. The van der Waals surface area contributed by atoms with E-state index >= 15 is 0 Å². The quantitative estimate of drug-likeness (QED) is 0.917. The summed E-state index contributed by atoms with van der Waals surface area (Å²) < 4.78 is 7.78. The van der Waals surface area contributed by atoms with E-state index in [1.165, 1.54) is 37.0 Å². The first-order chi connectivity index (χ1) is 10.3. The van der Waals surface area contributed by atoms with Gasteiger partial charge in [-0.05, 0) is 44.5 Å². The minimum atomic E-state index is 0.585. The van der Waals surface area contributed by atoms with Crippen LogP contribution >= 0.6 is 0 Å². The first-order valence-corrected chi connectivity index (χ1v) is 8.08. The van der Waals surface area contributed by atoms with E-state index in [-0.39, 0.29) is 0 Å². The van der Waals surface area contributed by atoms with Gasteiger partial charge in [-0.3, -0.25) is 0 Å². The molecule has 0 atom stereocenters. The second-order valence-electron chi connectivity index (χ2n) is 5.85. The molecule has 0 spiro atoms. The number of benzene rings is 1. The lowest BCUT2D eigenvalue weighted by Gasteiger charge is -2.23. The molecule has 3 rings (SSSR count). The molecule has 114 valence electrons. The number of imidazole rings is 1. The summed E-state index contributed by atoms with van der Waals surface area (Å²) in [7, 11) is 1.71. The number of hydrogen-bond donors (Lipinski definition) is 1. The van der Waals surface area contributed by atoms with Crippen molar-refractivity contribution < 1.29 is 4.74 Å². The maximum atomic E-state index is 5.34. The highest BCUT2D eigenvalue weighted by atomic mass is 16.5. The Hall–Kier alpha value is -1.55. The summed E-state index contributed by atoms with van der Waals surface area (Å²) in [6.07, 6.45) is 4.79. The zero-order valence-electron chi connectivity index (χ0n) is 13.1. The summed E-state index contributed by atoms with van der Waals surface area (Å²) in [4.78, 5) is 4.95. The van der Waals surface area contributed by atoms with Crippen molar-refractivity contribution in [2.45, 2.75) is 45.1 Å². The van der Waals surface area contributed by atoms with Crippen LogP contribution in [0.5, 0.6) is 5.75 Å². The van der Waals surface area contributed by atoms with Crippen LogP contribution < -0.4 is 10.1 Å². The van der Waals surface area contributed by atoms with Crippen molar-refractivity contribution in [1.29, 1.82) is 0 Å². The smallest absolute Gasteiger partial charge is 0.121 e. The maximum Gasteiger partial charge on any atom is 0.121 e. The third kappa shape index (κ3) is 2.91. The standard InChI is InChI=1S/C17H25N3O/c1-3-4-11-20-16-6-5-14(21-2)12-15(16)19-17(20)13-7-9-18-10-8-13/h5-6,12-13,18H,3-4,7-11H2,1-2H3. The number of piperidine rings is 1. The van der Waals surface area contributed by atoms with Crippen LogP contribution in [0.15, 0.2) is 18.2 Å². The Morgan fingerprint density at radius 1 is 1.33 bits per heavy atom. The van der Waals surface area contributed by atoms with E-state index in [0.29, 0.717) is 5.92 Å². The Bertz CT molecular complexity index is 599. The monoisotopic (exact) mass is 287 g/mol. The normalized spacial score (nSPS) is 16.5. The van der Waals surface area contributed by atoms with Gasteiger partial charge in [-0.15, -0.1) is 0 Å². The molecule has 2 heterocycles. The summed E-state index contributed by atoms with van der Waals surface area (Å²) in [6, 6.07) is 6.25. The number of unbranched alkanes of at least 4 members (excludes halogenated alkanes) is 1. The molecule has 4 nitrogen and oxygen atoms in total. The summed E-state index contributed by atoms with van der Waals surface area (Å²) in [5.41, 5.74) is 2.32. The topological polar surface area (TPSA) is 39.1 Å². The van der Waals surface area contributed by atoms with Crippen LogP contribution in [-0.4, -0.2) is 29.8 Å². The minimum absolute atomic E-state index is 0.585. The van der Waals surface area contributed by atoms with Crippen LogP contribution in [0, 0.1) is 0 Å². The zero-order valence-corrected chi connectivity index (χ0v) is 13.1. The van der Waals surface area contributed by atoms with Gasteiger partial charge < -0.3 is 14.6 Å². The molecule has 2 aromatic rings. The molecule has 21 heavy (non-hydrogen) atoms. The number of aryl methyl sites for hydroxylation is 1. The Morgan fingerprint density at radius 3 is 2.86 bits per heavy atom. The highest BCUT2D eigenvalue weighted by molar-refractivity contribution is 5.78. The molecule has 1 aliphatic heterocycles. The minimum Gasteiger partial charge on any atom is -0.497 e. The van der Waals surface area contributed by atoms with Crippen LogP contribution in [-0.2, 0) is 6.54 Å². The van der Waals surface area contributed by atoms with Gasteiger partial charge >= 0.3 is 0 Å². The van der Waals surface area contributed by atoms with Gasteiger partial charge in [0.1, 0.15) is 11.6 Å². The molecule has 1 saturated heterocycles. The van der Waals surface area contributed by atoms with E-state index in [0.717, 1.165) is 30.9 Å². The molecular weight excluding hydrogens is 262 g/mol. The van der Waals surface area contributed by atoms with Crippen molar-refractivity contribution >= 4 is 11.0 Å². The predicted molar refractivity (Wildman–Crippen MR) is 86.0 cm³/mol. The lowest BCUT2D eigenvalue weighted by atomic mass is 9.97. The van der Waals surface area contributed by atoms with E-state index in [4.69, 9.17) is 9.72 Å². The van der Waals surface area contributed by atoms with Crippen molar-refractivity contribution in [2.75, 3.05) is 20.2 Å². The molecule has 1 N–H and O–H groups in total. The third-order valence-electron chi connectivity index (χ3n) is 4.42. The van der Waals surface area contributed by atoms with Crippen LogP contribution in [0.4, 0.5) is 0 Å². The van der Waals surface area contributed by atoms with Crippen molar-refractivity contribution in [3.63, 3.8) is 0 Å². The van der Waals surface area contributed by atoms with Gasteiger partial charge in [-0.2, -0.15) is 0 Å². The molecule has 0 bridgehead atoms. The first kappa shape index (κ1) is 14.4. The molecule has 4 heteroatoms. The number of rotatable bonds is 5. The highest BCUT2D eigenvalue weighted by Gasteiger charge is 2.22. The summed E-state index contributed by atoms with van der Waals surface area (Å²) in [5.74, 6) is 2.74. The van der Waals surface area contributed by atoms with Crippen molar-refractivity contribution in [1.82, 2.24) is 14.9 Å². The number of methoxy groups -OCH3 is 1. The van der Waals surface area contributed by atoms with Crippen LogP contribution in [0.2, 0.25) is 0 Å². The van der Waals surface area contributed by atoms with Gasteiger partial charge in [0.15, 0.2) is 0 Å². The molecule has 0 unspecified atom stereocenters. The largest absolute Gasteiger partial charge is 0.497 e. The summed E-state index contributed by atoms with van der Waals surface area (Å²) in [6.45, 7) is 5.51. The molecule has 0 radical (unpaired) electrons. The molecule has 0 aliphatic carbocycles. The highest BCUT2D eigenvalue weighted by Crippen LogP contribution is 2.30. The van der Waals surface area contributed by atoms with E-state index < -0.39 is 0 Å². The van der Waals surface area contributed by atoms with E-state index in [1.807, 2.05) is 6.07 Å². The number of fused-ring (bicyclic) bond motifs is 1. The van der Waals surface area contributed by atoms with E-state index in [2.05, 4.69) is 28.9 Å². The Balaban J connectivity index is 2.02. The maximum absolute atomic E-state index is 5.34. The Labute approximate surface area is 126 Å². The van der Waals surface area contributed by atoms with Crippen LogP contribution in [0.1, 0.15) is 44.3 Å². The summed E-state index contributed by atoms with van der Waals surface area (Å²) >= 11 is 0. The number of ether oxygens (including phenoxy) is 1. The molecule has 0 amide bonds. The van der Waals surface area contributed by atoms with Gasteiger partial charge in [0, 0.05) is 18.5 Å². The summed E-state index contributed by atoms with van der Waals surface area (Å²) in [5, 5.41) is 3.44. The average molecular weight is 287 g/mol. The number of aromatic nitrogens is 2. The lowest BCUT2D eigenvalue weighted by Crippen LogP contribution is -2.28. The first-order valence-electron chi connectivity index (χ1n) is 8.08. The molecular formula is C17H25N3O. The van der Waals surface area contributed by atoms with E-state index in [9.17, 15) is 0 Å². The lowest BCUT2D eigenvalue weighted by molar-refractivity contribution is 0.415. The van der Waals surface area contributed by atoms with Crippen LogP contribution in [0.3, 0.4) is 0 Å². The van der Waals surface area contributed by atoms with E-state index in [1.54, 1.807) is 7.11 Å². The third-order valence-corrected chi connectivity index (χ3v) is 4.42. The molecule has 1 aromatic carbocycles. The van der Waals surface area contributed by atoms with Gasteiger partial charge in [-0.1, -0.05) is 13.3 Å². The van der Waals surface area contributed by atoms with Crippen LogP contribution in [0.25, 0.3) is 11.0 Å². The molecule has 1 fully saturated rings. The molecule has 1 aromatic heterocycles. The molecule has 1 aliphatic rings. The SMILES string of the molecule is CCCCn1c(C2CCNCC2)nc2cc(OC)ccc21. The second kappa shape index (κ2) is 6.48. The fraction of sp³-hybridized carbons (Fsp3) is 0.588. The van der Waals surface area contributed by atoms with Gasteiger partial charge in [0.2, 0.25) is 0 Å². The van der Waals surface area contributed by atoms with Crippen molar-refractivity contribution in [3.05, 3.63) is 24.0 Å². The van der Waals surface area contributed by atoms with Gasteiger partial charge in [0.05, 0.1) is 18.1 Å². The fourth-order valence-corrected chi connectivity index (χ4v) is 3.20. The fourth-order valence-electron chi connectivity index (χ4n) is 3.20. The van der Waals surface area contributed by atoms with Crippen molar-refractivity contribution in [2.24, 2.45) is 0 Å². The Kier molecular flexibility index (Phi) is 4.44. The van der Waals surface area contributed by atoms with Gasteiger partial charge in [-0.25, -0.2) is 4.98 Å². The van der Waals surface area contributed by atoms with Crippen molar-refractivity contribution in [3.8, 4) is 5.75 Å². The zero-order chi connectivity index (χ0) is 14.7. The Morgan fingerprint density at radius 2 is 2.14 bits per heavy atom. The molecule has 0 saturated carbocycles. The predicted octanol–water partition coefficient (Wildman–Crippen LogP) is 3.31. The van der Waals surface area contributed by atoms with Gasteiger partial charge in [0.25, 0.3) is 0 Å². The number of hydrogen-bond acceptors (Lipinski definition) is 3. The average Bonchev–Trinajstić information content (AvgIpc) is 2.91.